The molecule has 1 atom stereocenters. The highest BCUT2D eigenvalue weighted by Gasteiger charge is 2.26. The Labute approximate surface area is 218 Å². The maximum atomic E-state index is 11.8. The van der Waals surface area contributed by atoms with Crippen molar-refractivity contribution in [3.63, 3.8) is 0 Å². The van der Waals surface area contributed by atoms with Crippen LogP contribution in [0.1, 0.15) is 67.9 Å². The van der Waals surface area contributed by atoms with Gasteiger partial charge in [0.05, 0.1) is 17.8 Å². The van der Waals surface area contributed by atoms with Crippen LogP contribution in [0.3, 0.4) is 0 Å². The molecule has 1 aliphatic heterocycles. The fourth-order valence-electron chi connectivity index (χ4n) is 3.47. The van der Waals surface area contributed by atoms with Gasteiger partial charge in [0.25, 0.3) is 0 Å². The van der Waals surface area contributed by atoms with Crippen molar-refractivity contribution in [2.24, 2.45) is 0 Å². The maximum Gasteiger partial charge on any atom is 0.409 e. The Morgan fingerprint density at radius 1 is 1.25 bits per heavy atom. The van der Waals surface area contributed by atoms with E-state index in [9.17, 15) is 9.59 Å². The Hall–Kier alpha value is -2.53. The van der Waals surface area contributed by atoms with Crippen molar-refractivity contribution in [1.29, 1.82) is 0 Å². The van der Waals surface area contributed by atoms with E-state index in [0.29, 0.717) is 31.9 Å². The lowest BCUT2D eigenvalue weighted by molar-refractivity contribution is -0.0516. The van der Waals surface area contributed by atoms with E-state index >= 15 is 0 Å². The SMILES string of the molecule is CC(C)(C)OC(=O)NC1CN(Cc2ncsc2C(=O)O)CCO1.CCCCCNCc1ccccc1. The van der Waals surface area contributed by atoms with Gasteiger partial charge in [-0.25, -0.2) is 14.6 Å². The quantitative estimate of drug-likeness (QED) is 0.393. The predicted octanol–water partition coefficient (Wildman–Crippen LogP) is 4.49. The van der Waals surface area contributed by atoms with Gasteiger partial charge in [-0.2, -0.15) is 0 Å². The van der Waals surface area contributed by atoms with Gasteiger partial charge in [0.1, 0.15) is 16.7 Å². The standard InChI is InChI=1S/C14H21N3O5S.C12H19N/c1-14(2,3)22-13(20)16-10-7-17(4-5-21-10)6-9-11(12(18)19)23-8-15-9;1-2-3-7-10-13-11-12-8-5-4-6-9-12/h8,10H,4-7H2,1-3H3,(H,16,20)(H,18,19);4-6,8-9,13H,2-3,7,10-11H2,1H3. The number of aromatic nitrogens is 1. The van der Waals surface area contributed by atoms with E-state index in [1.165, 1.54) is 30.3 Å². The summed E-state index contributed by atoms with van der Waals surface area (Å²) in [5.74, 6) is -0.973. The van der Waals surface area contributed by atoms with Gasteiger partial charge in [-0.3, -0.25) is 10.2 Å². The molecule has 0 radical (unpaired) electrons. The highest BCUT2D eigenvalue weighted by molar-refractivity contribution is 7.11. The van der Waals surface area contributed by atoms with Crippen LogP contribution in [-0.4, -0.2) is 65.1 Å². The van der Waals surface area contributed by atoms with Crippen molar-refractivity contribution in [2.45, 2.75) is 71.9 Å². The van der Waals surface area contributed by atoms with E-state index in [2.05, 4.69) is 52.9 Å². The number of morpholine rings is 1. The zero-order valence-corrected chi connectivity index (χ0v) is 22.6. The van der Waals surface area contributed by atoms with Crippen LogP contribution >= 0.6 is 11.3 Å². The first-order chi connectivity index (χ1) is 17.2. The first kappa shape index (κ1) is 29.7. The monoisotopic (exact) mass is 520 g/mol. The van der Waals surface area contributed by atoms with Gasteiger partial charge in [-0.15, -0.1) is 11.3 Å². The second-order valence-electron chi connectivity index (χ2n) is 9.54. The number of amides is 1. The van der Waals surface area contributed by atoms with Gasteiger partial charge >= 0.3 is 12.1 Å². The Morgan fingerprint density at radius 3 is 2.67 bits per heavy atom. The summed E-state index contributed by atoms with van der Waals surface area (Å²) in [5, 5.41) is 15.2. The smallest absolute Gasteiger partial charge is 0.409 e. The third-order valence-electron chi connectivity index (χ3n) is 5.17. The number of carbonyl (C=O) groups excluding carboxylic acids is 1. The van der Waals surface area contributed by atoms with E-state index in [1.807, 2.05) is 4.90 Å². The second-order valence-corrected chi connectivity index (χ2v) is 10.4. The molecule has 1 amide bonds. The van der Waals surface area contributed by atoms with E-state index in [1.54, 1.807) is 20.8 Å². The molecule has 1 saturated heterocycles. The molecule has 1 fully saturated rings. The number of benzene rings is 1. The van der Waals surface area contributed by atoms with Crippen molar-refractivity contribution >= 4 is 23.4 Å². The zero-order chi connectivity index (χ0) is 26.4. The number of hydrogen-bond donors (Lipinski definition) is 3. The maximum absolute atomic E-state index is 11.8. The number of unbranched alkanes of at least 4 members (excludes halogenated alkanes) is 2. The Kier molecular flexibility index (Phi) is 12.8. The Balaban J connectivity index is 0.000000297. The molecular formula is C26H40N4O5S. The third-order valence-corrected chi connectivity index (χ3v) is 6.02. The number of hydrogen-bond acceptors (Lipinski definition) is 8. The van der Waals surface area contributed by atoms with Crippen LogP contribution in [0.4, 0.5) is 4.79 Å². The highest BCUT2D eigenvalue weighted by atomic mass is 32.1. The zero-order valence-electron chi connectivity index (χ0n) is 21.8. The van der Waals surface area contributed by atoms with E-state index in [0.717, 1.165) is 24.4 Å². The van der Waals surface area contributed by atoms with E-state index < -0.39 is 23.9 Å². The molecule has 2 aromatic rings. The summed E-state index contributed by atoms with van der Waals surface area (Å²) in [4.78, 5) is 29.2. The first-order valence-corrected chi connectivity index (χ1v) is 13.3. The lowest BCUT2D eigenvalue weighted by atomic mass is 10.2. The highest BCUT2D eigenvalue weighted by Crippen LogP contribution is 2.17. The van der Waals surface area contributed by atoms with E-state index in [4.69, 9.17) is 14.6 Å². The number of alkyl carbamates (subject to hydrolysis) is 1. The Morgan fingerprint density at radius 2 is 2.00 bits per heavy atom. The van der Waals surface area contributed by atoms with Gasteiger partial charge in [-0.1, -0.05) is 50.1 Å². The molecule has 2 heterocycles. The van der Waals surface area contributed by atoms with Crippen LogP contribution in [-0.2, 0) is 22.6 Å². The molecule has 1 unspecified atom stereocenters. The lowest BCUT2D eigenvalue weighted by Gasteiger charge is -2.33. The lowest BCUT2D eigenvalue weighted by Crippen LogP contribution is -2.51. The minimum atomic E-state index is -0.973. The minimum absolute atomic E-state index is 0.244. The fourth-order valence-corrected chi connectivity index (χ4v) is 4.11. The second kappa shape index (κ2) is 15.6. The summed E-state index contributed by atoms with van der Waals surface area (Å²) >= 11 is 1.11. The Bertz CT molecular complexity index is 917. The number of nitrogens with one attached hydrogen (secondary N) is 2. The molecular weight excluding hydrogens is 480 g/mol. The van der Waals surface area contributed by atoms with Crippen LogP contribution < -0.4 is 10.6 Å². The summed E-state index contributed by atoms with van der Waals surface area (Å²) in [6, 6.07) is 10.5. The number of rotatable bonds is 10. The molecule has 3 N–H and O–H groups in total. The van der Waals surface area contributed by atoms with Gasteiger partial charge in [0, 0.05) is 26.2 Å². The molecule has 1 aromatic heterocycles. The number of carbonyl (C=O) groups is 2. The number of ether oxygens (including phenoxy) is 2. The number of thiazole rings is 1. The molecule has 3 rings (SSSR count). The molecule has 10 heteroatoms. The summed E-state index contributed by atoms with van der Waals surface area (Å²) in [6.07, 6.45) is 2.90. The van der Waals surface area contributed by atoms with Crippen LogP contribution in [0.15, 0.2) is 35.8 Å². The topological polar surface area (TPSA) is 113 Å². The predicted molar refractivity (Wildman–Crippen MR) is 141 cm³/mol. The van der Waals surface area contributed by atoms with Crippen molar-refractivity contribution < 1.29 is 24.2 Å². The van der Waals surface area contributed by atoms with Crippen molar-refractivity contribution in [2.75, 3.05) is 26.2 Å². The first-order valence-electron chi connectivity index (χ1n) is 12.4. The molecule has 0 saturated carbocycles. The normalized spacial score (nSPS) is 16.1. The van der Waals surface area contributed by atoms with Gasteiger partial charge in [-0.05, 0) is 39.3 Å². The minimum Gasteiger partial charge on any atom is -0.477 e. The van der Waals surface area contributed by atoms with Crippen LogP contribution in [0.2, 0.25) is 0 Å². The third kappa shape index (κ3) is 11.9. The molecule has 0 spiro atoms. The average molecular weight is 521 g/mol. The van der Waals surface area contributed by atoms with Gasteiger partial charge < -0.3 is 19.9 Å². The summed E-state index contributed by atoms with van der Waals surface area (Å²) in [5.41, 5.74) is 2.85. The summed E-state index contributed by atoms with van der Waals surface area (Å²) in [7, 11) is 0. The fraction of sp³-hybridized carbons (Fsp3) is 0.577. The molecule has 1 aliphatic rings. The van der Waals surface area contributed by atoms with Gasteiger partial charge in [0.15, 0.2) is 0 Å². The molecule has 9 nitrogen and oxygen atoms in total. The molecule has 36 heavy (non-hydrogen) atoms. The molecule has 0 aliphatic carbocycles. The molecule has 0 bridgehead atoms. The van der Waals surface area contributed by atoms with Gasteiger partial charge in [0.2, 0.25) is 0 Å². The summed E-state index contributed by atoms with van der Waals surface area (Å²) in [6.45, 7) is 11.7. The molecule has 200 valence electrons. The number of nitrogens with zero attached hydrogens (tertiary/aromatic N) is 2. The van der Waals surface area contributed by atoms with Crippen molar-refractivity contribution in [3.8, 4) is 0 Å². The number of aromatic carboxylic acids is 1. The number of carboxylic acid groups (broad SMARTS) is 1. The summed E-state index contributed by atoms with van der Waals surface area (Å²) < 4.78 is 10.7. The van der Waals surface area contributed by atoms with Crippen LogP contribution in [0, 0.1) is 0 Å². The van der Waals surface area contributed by atoms with Crippen molar-refractivity contribution in [3.05, 3.63) is 52.0 Å². The largest absolute Gasteiger partial charge is 0.477 e. The van der Waals surface area contributed by atoms with Crippen molar-refractivity contribution in [1.82, 2.24) is 20.5 Å². The molecule has 1 aromatic carbocycles. The van der Waals surface area contributed by atoms with Crippen LogP contribution in [0.25, 0.3) is 0 Å². The average Bonchev–Trinajstić information content (AvgIpc) is 3.27. The van der Waals surface area contributed by atoms with Crippen LogP contribution in [0.5, 0.6) is 0 Å². The van der Waals surface area contributed by atoms with E-state index in [-0.39, 0.29) is 4.88 Å². The number of carboxylic acids is 1.